The van der Waals surface area contributed by atoms with Crippen LogP contribution in [0.1, 0.15) is 12.0 Å². The number of hydrogen-bond donors (Lipinski definition) is 2. The zero-order valence-corrected chi connectivity index (χ0v) is 14.5. The molecule has 0 spiro atoms. The maximum Gasteiger partial charge on any atom is 0.246 e. The number of likely N-dealkylation sites (tertiary alicyclic amines) is 1. The number of aliphatic hydroxyl groups excluding tert-OH is 2. The Kier molecular flexibility index (Phi) is 5.85. The zero-order chi connectivity index (χ0) is 17.8. The van der Waals surface area contributed by atoms with E-state index < -0.39 is 12.2 Å². The number of amides is 1. The normalized spacial score (nSPS) is 29.1. The second-order valence-electron chi connectivity index (χ2n) is 6.63. The van der Waals surface area contributed by atoms with E-state index in [-0.39, 0.29) is 11.9 Å². The van der Waals surface area contributed by atoms with Gasteiger partial charge in [-0.05, 0) is 12.5 Å². The molecule has 0 radical (unpaired) electrons. The lowest BCUT2D eigenvalue weighted by Gasteiger charge is -2.38. The summed E-state index contributed by atoms with van der Waals surface area (Å²) in [6.45, 7) is 3.43. The molecule has 2 aliphatic heterocycles. The van der Waals surface area contributed by atoms with Gasteiger partial charge in [0.1, 0.15) is 0 Å². The first-order valence-corrected chi connectivity index (χ1v) is 8.68. The van der Waals surface area contributed by atoms with Gasteiger partial charge in [-0.15, -0.1) is 0 Å². The maximum atomic E-state index is 12.6. The summed E-state index contributed by atoms with van der Waals surface area (Å²) in [5.74, 6) is -0.122. The first-order chi connectivity index (χ1) is 12.0. The van der Waals surface area contributed by atoms with Crippen LogP contribution in [0.4, 0.5) is 0 Å². The fraction of sp³-hybridized carbons (Fsp3) is 0.647. The van der Waals surface area contributed by atoms with Crippen LogP contribution < -0.4 is 0 Å². The Labute approximate surface area is 147 Å². The predicted molar refractivity (Wildman–Crippen MR) is 91.6 cm³/mol. The van der Waals surface area contributed by atoms with Crippen molar-refractivity contribution in [2.75, 3.05) is 39.4 Å². The van der Waals surface area contributed by atoms with Crippen LogP contribution in [-0.2, 0) is 16.6 Å². The number of aryl methyl sites for hydroxylation is 1. The number of carbonyl (C=O) groups excluding carboxylic acids is 1. The molecule has 8 nitrogen and oxygen atoms in total. The van der Waals surface area contributed by atoms with Crippen molar-refractivity contribution in [1.29, 1.82) is 0 Å². The molecule has 3 rings (SSSR count). The van der Waals surface area contributed by atoms with Crippen LogP contribution in [0, 0.1) is 0 Å². The van der Waals surface area contributed by atoms with Crippen LogP contribution in [0.3, 0.4) is 0 Å². The SMILES string of the molecule is Cn1cc(/C=C/C(=O)N2CC[C@@H](O)[C@@H](O)[C@H](N3CCOCC3)C2)cn1. The summed E-state index contributed by atoms with van der Waals surface area (Å²) in [6.07, 6.45) is 5.46. The van der Waals surface area contributed by atoms with E-state index in [2.05, 4.69) is 10.00 Å². The van der Waals surface area contributed by atoms with Gasteiger partial charge >= 0.3 is 0 Å². The molecule has 0 unspecified atom stereocenters. The highest BCUT2D eigenvalue weighted by atomic mass is 16.5. The van der Waals surface area contributed by atoms with E-state index in [1.165, 1.54) is 6.08 Å². The molecular formula is C17H26N4O4. The van der Waals surface area contributed by atoms with E-state index in [1.54, 1.807) is 21.9 Å². The van der Waals surface area contributed by atoms with E-state index in [4.69, 9.17) is 4.74 Å². The Morgan fingerprint density at radius 3 is 2.76 bits per heavy atom. The number of aromatic nitrogens is 2. The summed E-state index contributed by atoms with van der Waals surface area (Å²) < 4.78 is 7.04. The summed E-state index contributed by atoms with van der Waals surface area (Å²) in [6, 6.07) is -0.280. The van der Waals surface area contributed by atoms with Crippen molar-refractivity contribution in [3.8, 4) is 0 Å². The van der Waals surface area contributed by atoms with Crippen molar-refractivity contribution in [3.63, 3.8) is 0 Å². The molecule has 0 bridgehead atoms. The molecule has 1 aromatic rings. The van der Waals surface area contributed by atoms with Gasteiger partial charge in [0.2, 0.25) is 5.91 Å². The molecular weight excluding hydrogens is 324 g/mol. The minimum atomic E-state index is -0.863. The van der Waals surface area contributed by atoms with Crippen LogP contribution in [0.25, 0.3) is 6.08 Å². The summed E-state index contributed by atoms with van der Waals surface area (Å²) in [5.41, 5.74) is 0.857. The van der Waals surface area contributed by atoms with Gasteiger partial charge in [-0.25, -0.2) is 0 Å². The molecule has 2 fully saturated rings. The van der Waals surface area contributed by atoms with Crippen molar-refractivity contribution in [2.24, 2.45) is 7.05 Å². The number of carbonyl (C=O) groups is 1. The van der Waals surface area contributed by atoms with Crippen LogP contribution in [0.2, 0.25) is 0 Å². The highest BCUT2D eigenvalue weighted by Gasteiger charge is 2.37. The third-order valence-electron chi connectivity index (χ3n) is 4.86. The Hall–Kier alpha value is -1.74. The van der Waals surface area contributed by atoms with Gasteiger partial charge in [0, 0.05) is 51.1 Å². The average Bonchev–Trinajstić information content (AvgIpc) is 2.98. The minimum Gasteiger partial charge on any atom is -0.390 e. The van der Waals surface area contributed by atoms with E-state index in [9.17, 15) is 15.0 Å². The van der Waals surface area contributed by atoms with E-state index in [0.717, 1.165) is 5.56 Å². The van der Waals surface area contributed by atoms with Gasteiger partial charge in [0.15, 0.2) is 0 Å². The summed E-state index contributed by atoms with van der Waals surface area (Å²) in [5, 5.41) is 24.7. The largest absolute Gasteiger partial charge is 0.390 e. The summed E-state index contributed by atoms with van der Waals surface area (Å²) in [7, 11) is 1.82. The molecule has 2 saturated heterocycles. The van der Waals surface area contributed by atoms with Crippen LogP contribution >= 0.6 is 0 Å². The van der Waals surface area contributed by atoms with Crippen LogP contribution in [0.5, 0.6) is 0 Å². The van der Waals surface area contributed by atoms with Crippen molar-refractivity contribution in [2.45, 2.75) is 24.7 Å². The topological polar surface area (TPSA) is 91.1 Å². The van der Waals surface area contributed by atoms with E-state index in [0.29, 0.717) is 45.8 Å². The van der Waals surface area contributed by atoms with Crippen molar-refractivity contribution in [3.05, 3.63) is 24.0 Å². The minimum absolute atomic E-state index is 0.122. The van der Waals surface area contributed by atoms with Gasteiger partial charge in [0.05, 0.1) is 37.7 Å². The van der Waals surface area contributed by atoms with Gasteiger partial charge in [-0.2, -0.15) is 5.10 Å². The molecule has 25 heavy (non-hydrogen) atoms. The number of hydrogen-bond acceptors (Lipinski definition) is 6. The number of ether oxygens (including phenoxy) is 1. The summed E-state index contributed by atoms with van der Waals surface area (Å²) in [4.78, 5) is 16.4. The van der Waals surface area contributed by atoms with Crippen molar-refractivity contribution >= 4 is 12.0 Å². The van der Waals surface area contributed by atoms with E-state index in [1.807, 2.05) is 13.2 Å². The quantitative estimate of drug-likeness (QED) is 0.686. The molecule has 2 N–H and O–H groups in total. The third kappa shape index (κ3) is 4.46. The Bertz CT molecular complexity index is 612. The number of morpholine rings is 1. The van der Waals surface area contributed by atoms with Gasteiger partial charge in [-0.1, -0.05) is 0 Å². The fourth-order valence-corrected chi connectivity index (χ4v) is 3.38. The van der Waals surface area contributed by atoms with Crippen molar-refractivity contribution < 1.29 is 19.7 Å². The Morgan fingerprint density at radius 2 is 2.08 bits per heavy atom. The molecule has 138 valence electrons. The number of nitrogens with zero attached hydrogens (tertiary/aromatic N) is 4. The second kappa shape index (κ2) is 8.09. The smallest absolute Gasteiger partial charge is 0.246 e. The molecule has 0 saturated carbocycles. The molecule has 1 amide bonds. The first-order valence-electron chi connectivity index (χ1n) is 8.68. The van der Waals surface area contributed by atoms with Crippen LogP contribution in [0.15, 0.2) is 18.5 Å². The monoisotopic (exact) mass is 350 g/mol. The molecule has 3 atom stereocenters. The van der Waals surface area contributed by atoms with E-state index >= 15 is 0 Å². The van der Waals surface area contributed by atoms with Gasteiger partial charge in [0.25, 0.3) is 0 Å². The number of aliphatic hydroxyl groups is 2. The maximum absolute atomic E-state index is 12.6. The average molecular weight is 350 g/mol. The number of rotatable bonds is 3. The van der Waals surface area contributed by atoms with Gasteiger partial charge < -0.3 is 19.8 Å². The molecule has 1 aromatic heterocycles. The zero-order valence-electron chi connectivity index (χ0n) is 14.5. The third-order valence-corrected chi connectivity index (χ3v) is 4.86. The lowest BCUT2D eigenvalue weighted by Crippen LogP contribution is -2.55. The van der Waals surface area contributed by atoms with Crippen molar-refractivity contribution in [1.82, 2.24) is 19.6 Å². The molecule has 3 heterocycles. The highest BCUT2D eigenvalue weighted by molar-refractivity contribution is 5.91. The Morgan fingerprint density at radius 1 is 1.32 bits per heavy atom. The fourth-order valence-electron chi connectivity index (χ4n) is 3.38. The molecule has 0 aliphatic carbocycles. The molecule has 0 aromatic carbocycles. The first kappa shape index (κ1) is 18.1. The van der Waals surface area contributed by atoms with Crippen LogP contribution in [-0.4, -0.2) is 93.3 Å². The standard InChI is InChI=1S/C17H26N4O4/c1-19-11-13(10-18-19)2-3-16(23)21-5-4-15(22)17(24)14(12-21)20-6-8-25-9-7-20/h2-3,10-11,14-15,17,22,24H,4-9,12H2,1H3/b3-2+/t14-,15-,17+/m1/s1. The lowest BCUT2D eigenvalue weighted by atomic mass is 10.0. The molecule has 8 heteroatoms. The lowest BCUT2D eigenvalue weighted by molar-refractivity contribution is -0.127. The second-order valence-corrected chi connectivity index (χ2v) is 6.63. The predicted octanol–water partition coefficient (Wildman–Crippen LogP) is -0.912. The Balaban J connectivity index is 1.69. The summed E-state index contributed by atoms with van der Waals surface area (Å²) >= 11 is 0. The van der Waals surface area contributed by atoms with Gasteiger partial charge in [-0.3, -0.25) is 14.4 Å². The molecule has 2 aliphatic rings. The highest BCUT2D eigenvalue weighted by Crippen LogP contribution is 2.19.